The second-order valence-electron chi connectivity index (χ2n) is 6.14. The smallest absolute Gasteiger partial charge is 0.317 e. The Hall–Kier alpha value is -2.04. The van der Waals surface area contributed by atoms with Crippen LogP contribution in [0.25, 0.3) is 0 Å². The first kappa shape index (κ1) is 16.3. The summed E-state index contributed by atoms with van der Waals surface area (Å²) in [6, 6.07) is 8.13. The van der Waals surface area contributed by atoms with Gasteiger partial charge in [0.15, 0.2) is 0 Å². The second kappa shape index (κ2) is 7.29. The van der Waals surface area contributed by atoms with Crippen molar-refractivity contribution in [2.24, 2.45) is 0 Å². The average molecular weight is 303 g/mol. The summed E-state index contributed by atoms with van der Waals surface area (Å²) in [6.07, 6.45) is 0.430. The van der Waals surface area contributed by atoms with Crippen molar-refractivity contribution in [3.63, 3.8) is 0 Å². The highest BCUT2D eigenvalue weighted by molar-refractivity contribution is 5.79. The molecule has 1 saturated heterocycles. The largest absolute Gasteiger partial charge is 0.339 e. The summed E-state index contributed by atoms with van der Waals surface area (Å²) in [5.74, 6) is 0.134. The Morgan fingerprint density at radius 2 is 1.77 bits per heavy atom. The van der Waals surface area contributed by atoms with E-state index in [0.717, 1.165) is 5.56 Å². The fourth-order valence-corrected chi connectivity index (χ4v) is 2.61. The van der Waals surface area contributed by atoms with Gasteiger partial charge < -0.3 is 15.1 Å². The molecule has 3 amide bonds. The predicted octanol–water partition coefficient (Wildman–Crippen LogP) is 1.80. The molecule has 0 radical (unpaired) electrons. The minimum absolute atomic E-state index is 0.0409. The summed E-state index contributed by atoms with van der Waals surface area (Å²) < 4.78 is 0. The molecule has 0 aromatic heterocycles. The molecule has 0 saturated carbocycles. The van der Waals surface area contributed by atoms with E-state index in [1.54, 1.807) is 4.90 Å². The summed E-state index contributed by atoms with van der Waals surface area (Å²) in [5, 5.41) is 2.89. The summed E-state index contributed by atoms with van der Waals surface area (Å²) >= 11 is 0. The van der Waals surface area contributed by atoms with E-state index < -0.39 is 0 Å². The van der Waals surface area contributed by atoms with E-state index in [0.29, 0.717) is 32.6 Å². The molecule has 1 aliphatic rings. The van der Waals surface area contributed by atoms with Crippen LogP contribution in [-0.4, -0.2) is 54.0 Å². The third-order valence-corrected chi connectivity index (χ3v) is 3.77. The van der Waals surface area contributed by atoms with Crippen LogP contribution in [0.15, 0.2) is 24.3 Å². The summed E-state index contributed by atoms with van der Waals surface area (Å²) in [7, 11) is 0. The van der Waals surface area contributed by atoms with Crippen molar-refractivity contribution in [3.8, 4) is 0 Å². The normalized spacial score (nSPS) is 15.1. The second-order valence-corrected chi connectivity index (χ2v) is 6.14. The lowest BCUT2D eigenvalue weighted by molar-refractivity contribution is -0.131. The minimum atomic E-state index is -0.0409. The van der Waals surface area contributed by atoms with Gasteiger partial charge in [-0.25, -0.2) is 4.79 Å². The van der Waals surface area contributed by atoms with Crippen molar-refractivity contribution in [1.29, 1.82) is 0 Å². The van der Waals surface area contributed by atoms with E-state index in [1.165, 1.54) is 5.56 Å². The van der Waals surface area contributed by atoms with Crippen LogP contribution in [0.5, 0.6) is 0 Å². The molecule has 2 rings (SSSR count). The van der Waals surface area contributed by atoms with Crippen molar-refractivity contribution >= 4 is 11.9 Å². The van der Waals surface area contributed by atoms with Gasteiger partial charge in [-0.05, 0) is 26.3 Å². The molecule has 0 bridgehead atoms. The van der Waals surface area contributed by atoms with Crippen molar-refractivity contribution < 1.29 is 9.59 Å². The van der Waals surface area contributed by atoms with Crippen molar-refractivity contribution in [2.75, 3.05) is 26.2 Å². The molecule has 1 fully saturated rings. The zero-order valence-corrected chi connectivity index (χ0v) is 13.6. The fraction of sp³-hybridized carbons (Fsp3) is 0.529. The van der Waals surface area contributed by atoms with Crippen molar-refractivity contribution in [1.82, 2.24) is 15.1 Å². The number of carbonyl (C=O) groups is 2. The van der Waals surface area contributed by atoms with Gasteiger partial charge in [-0.1, -0.05) is 29.8 Å². The van der Waals surface area contributed by atoms with E-state index in [2.05, 4.69) is 5.32 Å². The number of amides is 3. The number of benzene rings is 1. The van der Waals surface area contributed by atoms with Gasteiger partial charge in [-0.3, -0.25) is 4.79 Å². The molecule has 1 aromatic rings. The molecule has 22 heavy (non-hydrogen) atoms. The van der Waals surface area contributed by atoms with Gasteiger partial charge in [0.25, 0.3) is 0 Å². The van der Waals surface area contributed by atoms with Crippen LogP contribution < -0.4 is 5.32 Å². The maximum Gasteiger partial charge on any atom is 0.317 e. The number of aryl methyl sites for hydroxylation is 1. The monoisotopic (exact) mass is 303 g/mol. The summed E-state index contributed by atoms with van der Waals surface area (Å²) in [5.41, 5.74) is 2.21. The van der Waals surface area contributed by atoms with Crippen LogP contribution in [0.1, 0.15) is 25.0 Å². The highest BCUT2D eigenvalue weighted by atomic mass is 16.2. The molecule has 120 valence electrons. The van der Waals surface area contributed by atoms with E-state index in [4.69, 9.17) is 0 Å². The molecule has 0 unspecified atom stereocenters. The lowest BCUT2D eigenvalue weighted by atomic mass is 10.1. The molecule has 1 heterocycles. The molecule has 5 nitrogen and oxygen atoms in total. The minimum Gasteiger partial charge on any atom is -0.339 e. The van der Waals surface area contributed by atoms with Gasteiger partial charge in [-0.2, -0.15) is 0 Å². The van der Waals surface area contributed by atoms with E-state index >= 15 is 0 Å². The topological polar surface area (TPSA) is 52.7 Å². The molecule has 5 heteroatoms. The molecule has 0 aliphatic carbocycles. The fourth-order valence-electron chi connectivity index (χ4n) is 2.61. The zero-order valence-electron chi connectivity index (χ0n) is 13.6. The first-order valence-electron chi connectivity index (χ1n) is 7.84. The molecule has 1 aliphatic heterocycles. The SMILES string of the molecule is Cc1cccc(CC(=O)N2CCN(C(=O)NC(C)C)CC2)c1. The maximum atomic E-state index is 12.3. The highest BCUT2D eigenvalue weighted by Gasteiger charge is 2.24. The maximum absolute atomic E-state index is 12.3. The predicted molar refractivity (Wildman–Crippen MR) is 86.7 cm³/mol. The van der Waals surface area contributed by atoms with Gasteiger partial charge in [0.1, 0.15) is 0 Å². The van der Waals surface area contributed by atoms with Crippen molar-refractivity contribution in [2.45, 2.75) is 33.2 Å². The van der Waals surface area contributed by atoms with Crippen LogP contribution in [-0.2, 0) is 11.2 Å². The Morgan fingerprint density at radius 3 is 2.36 bits per heavy atom. The quantitative estimate of drug-likeness (QED) is 0.926. The van der Waals surface area contributed by atoms with Crippen molar-refractivity contribution in [3.05, 3.63) is 35.4 Å². The van der Waals surface area contributed by atoms with Crippen LogP contribution >= 0.6 is 0 Å². The number of urea groups is 1. The standard InChI is InChI=1S/C17H25N3O2/c1-13(2)18-17(22)20-9-7-19(8-10-20)16(21)12-15-6-4-5-14(3)11-15/h4-6,11,13H,7-10,12H2,1-3H3,(H,18,22). The van der Waals surface area contributed by atoms with E-state index in [1.807, 2.05) is 49.9 Å². The molecule has 0 spiro atoms. The molecular formula is C17H25N3O2. The van der Waals surface area contributed by atoms with Gasteiger partial charge in [0, 0.05) is 32.2 Å². The third-order valence-electron chi connectivity index (χ3n) is 3.77. The molecule has 0 atom stereocenters. The number of rotatable bonds is 3. The summed E-state index contributed by atoms with van der Waals surface area (Å²) in [6.45, 7) is 8.32. The van der Waals surface area contributed by atoms with E-state index in [-0.39, 0.29) is 18.0 Å². The Morgan fingerprint density at radius 1 is 1.14 bits per heavy atom. The Bertz CT molecular complexity index is 534. The van der Waals surface area contributed by atoms with Gasteiger partial charge >= 0.3 is 6.03 Å². The average Bonchev–Trinajstić information content (AvgIpc) is 2.46. The van der Waals surface area contributed by atoms with Crippen LogP contribution in [0.3, 0.4) is 0 Å². The van der Waals surface area contributed by atoms with Gasteiger partial charge in [0.2, 0.25) is 5.91 Å². The zero-order chi connectivity index (χ0) is 16.1. The number of hydrogen-bond donors (Lipinski definition) is 1. The highest BCUT2D eigenvalue weighted by Crippen LogP contribution is 2.09. The lowest BCUT2D eigenvalue weighted by Gasteiger charge is -2.35. The lowest BCUT2D eigenvalue weighted by Crippen LogP contribution is -2.54. The third kappa shape index (κ3) is 4.48. The Balaban J connectivity index is 1.83. The van der Waals surface area contributed by atoms with Crippen LogP contribution in [0, 0.1) is 6.92 Å². The first-order chi connectivity index (χ1) is 10.5. The van der Waals surface area contributed by atoms with E-state index in [9.17, 15) is 9.59 Å². The molecular weight excluding hydrogens is 278 g/mol. The van der Waals surface area contributed by atoms with Crippen LogP contribution in [0.4, 0.5) is 4.79 Å². The Labute approximate surface area is 132 Å². The van der Waals surface area contributed by atoms with Gasteiger partial charge in [-0.15, -0.1) is 0 Å². The number of nitrogens with zero attached hydrogens (tertiary/aromatic N) is 2. The number of piperazine rings is 1. The van der Waals surface area contributed by atoms with Gasteiger partial charge in [0.05, 0.1) is 6.42 Å². The number of carbonyl (C=O) groups excluding carboxylic acids is 2. The number of hydrogen-bond acceptors (Lipinski definition) is 2. The molecule has 1 aromatic carbocycles. The first-order valence-corrected chi connectivity index (χ1v) is 7.84. The van der Waals surface area contributed by atoms with Crippen LogP contribution in [0.2, 0.25) is 0 Å². The Kier molecular flexibility index (Phi) is 5.41. The summed E-state index contributed by atoms with van der Waals surface area (Å²) in [4.78, 5) is 27.9. The molecule has 1 N–H and O–H groups in total. The number of nitrogens with one attached hydrogen (secondary N) is 1.